The fraction of sp³-hybridized carbons (Fsp3) is 0.368. The quantitative estimate of drug-likeness (QED) is 0.150. The van der Waals surface area contributed by atoms with Crippen LogP contribution in [0.15, 0.2) is 45.2 Å². The lowest BCUT2D eigenvalue weighted by atomic mass is 10.3. The minimum Gasteiger partial charge on any atom is -0.499 e. The van der Waals surface area contributed by atoms with Crippen molar-refractivity contribution in [2.24, 2.45) is 0 Å². The number of halogens is 6. The molecule has 0 saturated carbocycles. The molecule has 0 aliphatic heterocycles. The van der Waals surface area contributed by atoms with Gasteiger partial charge in [0.05, 0.1) is 35.6 Å². The van der Waals surface area contributed by atoms with Crippen molar-refractivity contribution in [2.75, 3.05) is 26.4 Å². The molecule has 0 aliphatic carbocycles. The van der Waals surface area contributed by atoms with Crippen molar-refractivity contribution in [3.63, 3.8) is 0 Å². The number of rotatable bonds is 14. The van der Waals surface area contributed by atoms with Gasteiger partial charge in [0, 0.05) is 12.1 Å². The molecule has 5 nitrogen and oxygen atoms in total. The highest BCUT2D eigenvalue weighted by atomic mass is 35.5. The normalized spacial score (nSPS) is 11.0. The van der Waals surface area contributed by atoms with Crippen molar-refractivity contribution in [1.82, 2.24) is 5.48 Å². The molecular formula is C19H21Cl6NO4. The molecule has 0 amide bonds. The number of benzene rings is 1. The van der Waals surface area contributed by atoms with Crippen LogP contribution in [0.4, 0.5) is 0 Å². The lowest BCUT2D eigenvalue weighted by molar-refractivity contribution is 0.0819. The summed E-state index contributed by atoms with van der Waals surface area (Å²) in [5.41, 5.74) is 3.39. The van der Waals surface area contributed by atoms with E-state index >= 15 is 0 Å². The molecular weight excluding hydrogens is 519 g/mol. The minimum atomic E-state index is 0.122. The van der Waals surface area contributed by atoms with Crippen molar-refractivity contribution < 1.29 is 19.0 Å². The highest BCUT2D eigenvalue weighted by molar-refractivity contribution is 6.56. The molecule has 11 heteroatoms. The minimum absolute atomic E-state index is 0.122. The number of unbranched alkanes of at least 4 members (excludes halogenated alkanes) is 1. The number of allylic oxidation sites excluding steroid dienone is 1. The molecule has 1 rings (SSSR count). The molecule has 1 aromatic carbocycles. The monoisotopic (exact) mass is 537 g/mol. The van der Waals surface area contributed by atoms with Crippen molar-refractivity contribution in [1.29, 1.82) is 0 Å². The van der Waals surface area contributed by atoms with Crippen LogP contribution in [-0.4, -0.2) is 26.4 Å². The largest absolute Gasteiger partial charge is 0.499 e. The van der Waals surface area contributed by atoms with Crippen LogP contribution in [0.2, 0.25) is 10.0 Å². The Morgan fingerprint density at radius 1 is 0.900 bits per heavy atom. The van der Waals surface area contributed by atoms with Crippen LogP contribution in [0.5, 0.6) is 11.5 Å². The summed E-state index contributed by atoms with van der Waals surface area (Å²) in [6.07, 6.45) is 6.10. The summed E-state index contributed by atoms with van der Waals surface area (Å²) in [6.45, 7) is 3.18. The summed E-state index contributed by atoms with van der Waals surface area (Å²) in [6, 6.07) is 3.22. The van der Waals surface area contributed by atoms with Gasteiger partial charge in [-0.05, 0) is 31.9 Å². The third-order valence-corrected chi connectivity index (χ3v) is 4.36. The van der Waals surface area contributed by atoms with Crippen LogP contribution in [0.25, 0.3) is 0 Å². The summed E-state index contributed by atoms with van der Waals surface area (Å²) >= 11 is 34.4. The van der Waals surface area contributed by atoms with Crippen LogP contribution < -0.4 is 15.0 Å². The molecule has 0 unspecified atom stereocenters. The van der Waals surface area contributed by atoms with Gasteiger partial charge in [-0.15, -0.1) is 0 Å². The summed E-state index contributed by atoms with van der Waals surface area (Å²) < 4.78 is 16.8. The van der Waals surface area contributed by atoms with Gasteiger partial charge in [-0.25, -0.2) is 0 Å². The first-order valence-corrected chi connectivity index (χ1v) is 11.0. The fourth-order valence-corrected chi connectivity index (χ4v) is 2.72. The molecule has 0 fully saturated rings. The molecule has 1 N–H and O–H groups in total. The van der Waals surface area contributed by atoms with Crippen LogP contribution in [-0.2, 0) is 9.57 Å². The van der Waals surface area contributed by atoms with Crippen molar-refractivity contribution >= 4 is 69.6 Å². The van der Waals surface area contributed by atoms with Gasteiger partial charge in [0.2, 0.25) is 0 Å². The maximum atomic E-state index is 6.22. The van der Waals surface area contributed by atoms with E-state index in [2.05, 4.69) is 5.48 Å². The second-order valence-electron chi connectivity index (χ2n) is 5.65. The van der Waals surface area contributed by atoms with Crippen LogP contribution in [0.3, 0.4) is 0 Å². The summed E-state index contributed by atoms with van der Waals surface area (Å²) in [5.74, 6) is 0.888. The van der Waals surface area contributed by atoms with E-state index in [-0.39, 0.29) is 22.2 Å². The second kappa shape index (κ2) is 16.0. The van der Waals surface area contributed by atoms with E-state index in [9.17, 15) is 0 Å². The predicted octanol–water partition coefficient (Wildman–Crippen LogP) is 7.57. The maximum Gasteiger partial charge on any atom is 0.156 e. The highest BCUT2D eigenvalue weighted by Gasteiger charge is 2.10. The zero-order valence-electron chi connectivity index (χ0n) is 16.0. The molecule has 1 aromatic rings. The topological polar surface area (TPSA) is 49.0 Å². The fourth-order valence-electron chi connectivity index (χ4n) is 1.89. The first kappa shape index (κ1) is 27.4. The lowest BCUT2D eigenvalue weighted by Gasteiger charge is -2.12. The van der Waals surface area contributed by atoms with E-state index in [1.165, 1.54) is 12.2 Å². The Bertz CT molecular complexity index is 724. The molecule has 0 saturated heterocycles. The standard InChI is InChI=1S/C19H21Cl6NO4/c1-13(26-30-9-5-18(24)25)12-27-6-2-3-7-29-19-15(20)10-14(11-16(19)21)28-8-4-17(22)23/h4-5,10-12,26H,2-3,6-9H2,1H3. The SMILES string of the molecule is CC(=COCCCCOc1c(Cl)cc(OCC=C(Cl)Cl)cc1Cl)NOCC=C(Cl)Cl. The number of ether oxygens (including phenoxy) is 3. The van der Waals surface area contributed by atoms with E-state index in [4.69, 9.17) is 88.7 Å². The molecule has 168 valence electrons. The molecule has 0 aromatic heterocycles. The van der Waals surface area contributed by atoms with Gasteiger partial charge in [0.15, 0.2) is 5.75 Å². The van der Waals surface area contributed by atoms with E-state index in [1.807, 2.05) is 0 Å². The molecule has 0 spiro atoms. The Morgan fingerprint density at radius 2 is 1.50 bits per heavy atom. The Hall–Kier alpha value is -0.660. The smallest absolute Gasteiger partial charge is 0.156 e. The van der Waals surface area contributed by atoms with Crippen molar-refractivity contribution in [3.8, 4) is 11.5 Å². The van der Waals surface area contributed by atoms with Gasteiger partial charge < -0.3 is 14.2 Å². The van der Waals surface area contributed by atoms with Crippen LogP contribution in [0, 0.1) is 0 Å². The number of hydroxylamine groups is 1. The second-order valence-corrected chi connectivity index (χ2v) is 8.49. The van der Waals surface area contributed by atoms with Gasteiger partial charge in [-0.1, -0.05) is 69.6 Å². The van der Waals surface area contributed by atoms with Gasteiger partial charge in [0.1, 0.15) is 27.6 Å². The van der Waals surface area contributed by atoms with Crippen molar-refractivity contribution in [3.05, 3.63) is 55.3 Å². The molecule has 30 heavy (non-hydrogen) atoms. The number of hydrogen-bond acceptors (Lipinski definition) is 5. The van der Waals surface area contributed by atoms with E-state index in [1.54, 1.807) is 25.3 Å². The average molecular weight is 540 g/mol. The highest BCUT2D eigenvalue weighted by Crippen LogP contribution is 2.37. The molecule has 0 radical (unpaired) electrons. The maximum absolute atomic E-state index is 6.22. The number of nitrogens with one attached hydrogen (secondary N) is 1. The Labute approximate surface area is 206 Å². The Morgan fingerprint density at radius 3 is 2.13 bits per heavy atom. The van der Waals surface area contributed by atoms with E-state index in [0.717, 1.165) is 12.8 Å². The van der Waals surface area contributed by atoms with Gasteiger partial charge in [0.25, 0.3) is 0 Å². The third-order valence-electron chi connectivity index (χ3n) is 3.18. The van der Waals surface area contributed by atoms with Crippen LogP contribution >= 0.6 is 69.6 Å². The summed E-state index contributed by atoms with van der Waals surface area (Å²) in [4.78, 5) is 5.10. The lowest BCUT2D eigenvalue weighted by Crippen LogP contribution is -2.12. The van der Waals surface area contributed by atoms with E-state index in [0.29, 0.717) is 40.5 Å². The predicted molar refractivity (Wildman–Crippen MR) is 125 cm³/mol. The van der Waals surface area contributed by atoms with Gasteiger partial charge in [-0.3, -0.25) is 10.3 Å². The van der Waals surface area contributed by atoms with E-state index < -0.39 is 0 Å². The molecule has 0 heterocycles. The summed E-state index contributed by atoms with van der Waals surface area (Å²) in [7, 11) is 0. The third kappa shape index (κ3) is 12.9. The van der Waals surface area contributed by atoms with Gasteiger partial charge in [-0.2, -0.15) is 0 Å². The molecule has 0 atom stereocenters. The first-order valence-electron chi connectivity index (χ1n) is 8.72. The van der Waals surface area contributed by atoms with Gasteiger partial charge >= 0.3 is 0 Å². The zero-order chi connectivity index (χ0) is 22.4. The van der Waals surface area contributed by atoms with Crippen molar-refractivity contribution in [2.45, 2.75) is 19.8 Å². The average Bonchev–Trinajstić information content (AvgIpc) is 2.65. The Balaban J connectivity index is 2.27. The summed E-state index contributed by atoms with van der Waals surface area (Å²) in [5, 5.41) is 0.703. The molecule has 0 aliphatic rings. The zero-order valence-corrected chi connectivity index (χ0v) is 20.6. The number of hydrogen-bond donors (Lipinski definition) is 1. The van der Waals surface area contributed by atoms with Crippen LogP contribution in [0.1, 0.15) is 19.8 Å². The Kier molecular flexibility index (Phi) is 14.6. The first-order chi connectivity index (χ1) is 14.3. The molecule has 0 bridgehead atoms.